The highest BCUT2D eigenvalue weighted by atomic mass is 16.3. The second kappa shape index (κ2) is 4.25. The van der Waals surface area contributed by atoms with E-state index < -0.39 is 0 Å². The monoisotopic (exact) mass is 230 g/mol. The maximum absolute atomic E-state index is 9.51. The smallest absolute Gasteiger partial charge is 0.118 e. The SMILES string of the molecule is OCc1c(-c2cnccn2)n[nH]c1C1CCC1. The number of aliphatic hydroxyl groups excluding tert-OH is 1. The van der Waals surface area contributed by atoms with E-state index in [9.17, 15) is 5.11 Å². The van der Waals surface area contributed by atoms with Gasteiger partial charge in [0.25, 0.3) is 0 Å². The molecule has 3 rings (SSSR count). The van der Waals surface area contributed by atoms with Gasteiger partial charge in [0, 0.05) is 29.6 Å². The molecule has 2 aromatic heterocycles. The normalized spacial score (nSPS) is 15.8. The van der Waals surface area contributed by atoms with Crippen molar-refractivity contribution < 1.29 is 5.11 Å². The summed E-state index contributed by atoms with van der Waals surface area (Å²) in [7, 11) is 0. The maximum atomic E-state index is 9.51. The molecule has 0 radical (unpaired) electrons. The van der Waals surface area contributed by atoms with Crippen molar-refractivity contribution in [2.75, 3.05) is 0 Å². The standard InChI is InChI=1S/C12H14N4O/c17-7-9-11(8-2-1-3-8)15-16-12(9)10-6-13-4-5-14-10/h4-6,8,17H,1-3,7H2,(H,15,16). The van der Waals surface area contributed by atoms with Crippen LogP contribution in [0.1, 0.15) is 36.4 Å². The number of aromatic amines is 1. The minimum Gasteiger partial charge on any atom is -0.392 e. The van der Waals surface area contributed by atoms with Crippen LogP contribution in [0.3, 0.4) is 0 Å². The molecule has 1 fully saturated rings. The Balaban J connectivity index is 2.02. The van der Waals surface area contributed by atoms with Gasteiger partial charge in [-0.15, -0.1) is 0 Å². The van der Waals surface area contributed by atoms with Crippen LogP contribution in [0.15, 0.2) is 18.6 Å². The summed E-state index contributed by atoms with van der Waals surface area (Å²) in [6, 6.07) is 0. The molecule has 0 bridgehead atoms. The summed E-state index contributed by atoms with van der Waals surface area (Å²) in [5.74, 6) is 0.523. The van der Waals surface area contributed by atoms with Crippen molar-refractivity contribution in [1.82, 2.24) is 20.2 Å². The van der Waals surface area contributed by atoms with Crippen LogP contribution in [0, 0.1) is 0 Å². The quantitative estimate of drug-likeness (QED) is 0.840. The molecule has 5 nitrogen and oxygen atoms in total. The number of hydrogen-bond donors (Lipinski definition) is 2. The zero-order chi connectivity index (χ0) is 11.7. The number of rotatable bonds is 3. The van der Waals surface area contributed by atoms with Gasteiger partial charge in [-0.05, 0) is 12.8 Å². The lowest BCUT2D eigenvalue weighted by molar-refractivity contribution is 0.277. The number of H-pyrrole nitrogens is 1. The Morgan fingerprint density at radius 1 is 1.35 bits per heavy atom. The van der Waals surface area contributed by atoms with Gasteiger partial charge in [-0.1, -0.05) is 6.42 Å². The van der Waals surface area contributed by atoms with Gasteiger partial charge < -0.3 is 5.11 Å². The first-order valence-electron chi connectivity index (χ1n) is 5.84. The fourth-order valence-corrected chi connectivity index (χ4v) is 2.21. The van der Waals surface area contributed by atoms with E-state index in [2.05, 4.69) is 20.2 Å². The predicted octanol–water partition coefficient (Wildman–Crippen LogP) is 1.63. The summed E-state index contributed by atoms with van der Waals surface area (Å²) in [6.45, 7) is -0.00571. The van der Waals surface area contributed by atoms with Crippen LogP contribution in [0.4, 0.5) is 0 Å². The van der Waals surface area contributed by atoms with Crippen molar-refractivity contribution >= 4 is 0 Å². The van der Waals surface area contributed by atoms with Gasteiger partial charge in [-0.2, -0.15) is 5.10 Å². The van der Waals surface area contributed by atoms with Gasteiger partial charge in [0.05, 0.1) is 12.8 Å². The van der Waals surface area contributed by atoms with E-state index in [-0.39, 0.29) is 6.61 Å². The minimum atomic E-state index is -0.00571. The van der Waals surface area contributed by atoms with Crippen LogP contribution in [0.5, 0.6) is 0 Å². The molecule has 0 unspecified atom stereocenters. The highest BCUT2D eigenvalue weighted by Gasteiger charge is 2.26. The first-order valence-corrected chi connectivity index (χ1v) is 5.84. The molecule has 5 heteroatoms. The van der Waals surface area contributed by atoms with Gasteiger partial charge in [-0.25, -0.2) is 0 Å². The number of aliphatic hydroxyl groups is 1. The van der Waals surface area contributed by atoms with E-state index in [0.29, 0.717) is 11.6 Å². The second-order valence-electron chi connectivity index (χ2n) is 4.34. The highest BCUT2D eigenvalue weighted by Crippen LogP contribution is 2.38. The summed E-state index contributed by atoms with van der Waals surface area (Å²) < 4.78 is 0. The Morgan fingerprint density at radius 3 is 2.82 bits per heavy atom. The van der Waals surface area contributed by atoms with E-state index in [1.54, 1.807) is 18.6 Å². The highest BCUT2D eigenvalue weighted by molar-refractivity contribution is 5.59. The van der Waals surface area contributed by atoms with Crippen molar-refractivity contribution in [2.24, 2.45) is 0 Å². The lowest BCUT2D eigenvalue weighted by Crippen LogP contribution is -2.11. The summed E-state index contributed by atoms with van der Waals surface area (Å²) in [5.41, 5.74) is 3.37. The first-order chi connectivity index (χ1) is 8.40. The topological polar surface area (TPSA) is 74.7 Å². The van der Waals surface area contributed by atoms with E-state index in [1.807, 2.05) is 0 Å². The summed E-state index contributed by atoms with van der Waals surface area (Å²) in [4.78, 5) is 8.24. The summed E-state index contributed by atoms with van der Waals surface area (Å²) in [5, 5.41) is 16.8. The van der Waals surface area contributed by atoms with Gasteiger partial charge in [0.1, 0.15) is 11.4 Å². The fraction of sp³-hybridized carbons (Fsp3) is 0.417. The molecule has 0 spiro atoms. The maximum Gasteiger partial charge on any atom is 0.118 e. The third kappa shape index (κ3) is 1.72. The second-order valence-corrected chi connectivity index (χ2v) is 4.34. The first kappa shape index (κ1) is 10.4. The Hall–Kier alpha value is -1.75. The zero-order valence-corrected chi connectivity index (χ0v) is 9.43. The van der Waals surface area contributed by atoms with Crippen LogP contribution in [-0.2, 0) is 6.61 Å². The summed E-state index contributed by atoms with van der Waals surface area (Å²) >= 11 is 0. The van der Waals surface area contributed by atoms with Crippen molar-refractivity contribution in [1.29, 1.82) is 0 Å². The van der Waals surface area contributed by atoms with Crippen molar-refractivity contribution in [3.63, 3.8) is 0 Å². The van der Waals surface area contributed by atoms with Crippen LogP contribution in [-0.4, -0.2) is 25.3 Å². The molecular weight excluding hydrogens is 216 g/mol. The van der Waals surface area contributed by atoms with Crippen LogP contribution in [0.25, 0.3) is 11.4 Å². The van der Waals surface area contributed by atoms with Gasteiger partial charge in [0.2, 0.25) is 0 Å². The molecular formula is C12H14N4O. The molecule has 0 saturated heterocycles. The molecule has 2 heterocycles. The molecule has 0 aliphatic heterocycles. The lowest BCUT2D eigenvalue weighted by Gasteiger charge is -2.24. The predicted molar refractivity (Wildman–Crippen MR) is 62.1 cm³/mol. The van der Waals surface area contributed by atoms with Crippen LogP contribution < -0.4 is 0 Å². The molecule has 88 valence electrons. The molecule has 1 aliphatic rings. The molecule has 1 saturated carbocycles. The Kier molecular flexibility index (Phi) is 2.60. The molecule has 2 aromatic rings. The third-order valence-corrected chi connectivity index (χ3v) is 3.38. The van der Waals surface area contributed by atoms with Crippen LogP contribution >= 0.6 is 0 Å². The molecule has 0 aromatic carbocycles. The van der Waals surface area contributed by atoms with E-state index in [4.69, 9.17) is 0 Å². The van der Waals surface area contributed by atoms with Crippen molar-refractivity contribution in [3.8, 4) is 11.4 Å². The molecule has 0 atom stereocenters. The average molecular weight is 230 g/mol. The number of nitrogens with one attached hydrogen (secondary N) is 1. The average Bonchev–Trinajstić information content (AvgIpc) is 2.71. The zero-order valence-electron chi connectivity index (χ0n) is 9.43. The molecule has 17 heavy (non-hydrogen) atoms. The van der Waals surface area contributed by atoms with E-state index >= 15 is 0 Å². The van der Waals surface area contributed by atoms with Crippen LogP contribution in [0.2, 0.25) is 0 Å². The Morgan fingerprint density at radius 2 is 2.24 bits per heavy atom. The van der Waals surface area contributed by atoms with Gasteiger partial charge in [-0.3, -0.25) is 15.1 Å². The largest absolute Gasteiger partial charge is 0.392 e. The minimum absolute atomic E-state index is 0.00571. The Bertz CT molecular complexity index is 504. The number of hydrogen-bond acceptors (Lipinski definition) is 4. The van der Waals surface area contributed by atoms with E-state index in [0.717, 1.165) is 17.0 Å². The van der Waals surface area contributed by atoms with Crippen molar-refractivity contribution in [2.45, 2.75) is 31.8 Å². The molecule has 0 amide bonds. The third-order valence-electron chi connectivity index (χ3n) is 3.38. The molecule has 2 N–H and O–H groups in total. The fourth-order valence-electron chi connectivity index (χ4n) is 2.21. The Labute approximate surface area is 98.9 Å². The lowest BCUT2D eigenvalue weighted by atomic mass is 9.81. The van der Waals surface area contributed by atoms with Gasteiger partial charge >= 0.3 is 0 Å². The number of nitrogens with zero attached hydrogens (tertiary/aromatic N) is 3. The van der Waals surface area contributed by atoms with Crippen molar-refractivity contribution in [3.05, 3.63) is 29.8 Å². The van der Waals surface area contributed by atoms with Gasteiger partial charge in [0.15, 0.2) is 0 Å². The number of aromatic nitrogens is 4. The summed E-state index contributed by atoms with van der Waals surface area (Å²) in [6.07, 6.45) is 8.54. The van der Waals surface area contributed by atoms with E-state index in [1.165, 1.54) is 19.3 Å². The molecule has 1 aliphatic carbocycles.